The number of hydrogen-bond acceptors (Lipinski definition) is 3. The molecule has 0 radical (unpaired) electrons. The van der Waals surface area contributed by atoms with E-state index in [1.54, 1.807) is 13.1 Å². The molecule has 1 heterocycles. The van der Waals surface area contributed by atoms with Crippen molar-refractivity contribution >= 4 is 11.6 Å². The van der Waals surface area contributed by atoms with Gasteiger partial charge in [0.05, 0.1) is 0 Å². The molecule has 4 nitrogen and oxygen atoms in total. The van der Waals surface area contributed by atoms with Crippen molar-refractivity contribution < 1.29 is 10.0 Å². The number of rotatable bonds is 0. The number of nitrogens with zero attached hydrogens (tertiary/aromatic N) is 2. The Morgan fingerprint density at radius 3 is 2.86 bits per heavy atom. The minimum atomic E-state index is -0.244. The summed E-state index contributed by atoms with van der Waals surface area (Å²) < 4.78 is 0. The summed E-state index contributed by atoms with van der Waals surface area (Å²) in [4.78, 5) is 13.1. The third-order valence-electron chi connectivity index (χ3n) is 2.33. The molecule has 0 fully saturated rings. The highest BCUT2D eigenvalue weighted by atomic mass is 16.4. The fourth-order valence-corrected chi connectivity index (χ4v) is 1.61. The monoisotopic (exact) mass is 190 g/mol. The van der Waals surface area contributed by atoms with E-state index in [-0.39, 0.29) is 11.6 Å². The van der Waals surface area contributed by atoms with Crippen molar-refractivity contribution in [1.29, 1.82) is 0 Å². The van der Waals surface area contributed by atoms with Crippen LogP contribution in [0.4, 0.5) is 0 Å². The summed E-state index contributed by atoms with van der Waals surface area (Å²) in [6, 6.07) is 7.43. The highest BCUT2D eigenvalue weighted by Gasteiger charge is 2.26. The number of hydrogen-bond donors (Lipinski definition) is 1. The van der Waals surface area contributed by atoms with Gasteiger partial charge in [-0.2, -0.15) is 0 Å². The topological polar surface area (TPSA) is 52.9 Å². The lowest BCUT2D eigenvalue weighted by atomic mass is 9.98. The minimum Gasteiger partial charge on any atom is -0.410 e. The molecule has 0 spiro atoms. The fourth-order valence-electron chi connectivity index (χ4n) is 1.61. The predicted octanol–water partition coefficient (Wildman–Crippen LogP) is 0.837. The highest BCUT2D eigenvalue weighted by Crippen LogP contribution is 2.18. The van der Waals surface area contributed by atoms with Crippen LogP contribution in [0.5, 0.6) is 0 Å². The fraction of sp³-hybridized carbons (Fsp3) is 0.200. The molecule has 2 rings (SSSR count). The lowest BCUT2D eigenvalue weighted by molar-refractivity contribution is -0.123. The van der Waals surface area contributed by atoms with Gasteiger partial charge in [-0.15, -0.1) is 0 Å². The number of oxime groups is 1. The second kappa shape index (κ2) is 3.14. The van der Waals surface area contributed by atoms with Gasteiger partial charge in [-0.05, 0) is 5.56 Å². The summed E-state index contributed by atoms with van der Waals surface area (Å²) in [5.74, 6) is -0.244. The van der Waals surface area contributed by atoms with E-state index in [0.29, 0.717) is 6.54 Å². The van der Waals surface area contributed by atoms with Crippen LogP contribution in [0.25, 0.3) is 0 Å². The Labute approximate surface area is 81.5 Å². The van der Waals surface area contributed by atoms with Crippen molar-refractivity contribution in [3.05, 3.63) is 35.4 Å². The molecule has 0 unspecified atom stereocenters. The van der Waals surface area contributed by atoms with Gasteiger partial charge in [0.1, 0.15) is 0 Å². The third-order valence-corrected chi connectivity index (χ3v) is 2.33. The second-order valence-electron chi connectivity index (χ2n) is 3.27. The van der Waals surface area contributed by atoms with E-state index in [0.717, 1.165) is 11.1 Å². The van der Waals surface area contributed by atoms with Crippen LogP contribution in [-0.4, -0.2) is 28.8 Å². The molecule has 1 aromatic rings. The summed E-state index contributed by atoms with van der Waals surface area (Å²) in [6.07, 6.45) is 0. The molecule has 1 aliphatic rings. The maximum absolute atomic E-state index is 11.6. The molecule has 0 bridgehead atoms. The molecule has 14 heavy (non-hydrogen) atoms. The Hall–Kier alpha value is -1.84. The molecule has 4 heteroatoms. The molecule has 0 aromatic heterocycles. The summed E-state index contributed by atoms with van der Waals surface area (Å²) >= 11 is 0. The number of likely N-dealkylation sites (N-methyl/N-ethyl adjacent to an activating group) is 1. The summed E-state index contributed by atoms with van der Waals surface area (Å²) in [6.45, 7) is 0.564. The molecule has 0 saturated heterocycles. The van der Waals surface area contributed by atoms with Crippen LogP contribution in [0.3, 0.4) is 0 Å². The highest BCUT2D eigenvalue weighted by molar-refractivity contribution is 6.46. The van der Waals surface area contributed by atoms with Crippen LogP contribution >= 0.6 is 0 Å². The van der Waals surface area contributed by atoms with Gasteiger partial charge in [0.15, 0.2) is 5.71 Å². The van der Waals surface area contributed by atoms with E-state index in [1.807, 2.05) is 18.2 Å². The Bertz CT molecular complexity index is 412. The lowest BCUT2D eigenvalue weighted by Gasteiger charge is -2.24. The largest absolute Gasteiger partial charge is 0.410 e. The second-order valence-corrected chi connectivity index (χ2v) is 3.27. The SMILES string of the molecule is CN1Cc2ccccc2/C(=N\O)C1=O. The zero-order valence-corrected chi connectivity index (χ0v) is 7.77. The maximum Gasteiger partial charge on any atom is 0.276 e. The number of fused-ring (bicyclic) bond motifs is 1. The molecule has 1 aliphatic heterocycles. The Balaban J connectivity index is 2.59. The maximum atomic E-state index is 11.6. The van der Waals surface area contributed by atoms with Crippen molar-refractivity contribution in [3.63, 3.8) is 0 Å². The van der Waals surface area contributed by atoms with Gasteiger partial charge >= 0.3 is 0 Å². The quantitative estimate of drug-likeness (QED) is 0.486. The summed E-state index contributed by atoms with van der Waals surface area (Å²) in [5, 5.41) is 11.8. The molecular formula is C10H10N2O2. The molecule has 0 saturated carbocycles. The van der Waals surface area contributed by atoms with Gasteiger partial charge in [0, 0.05) is 19.2 Å². The zero-order valence-electron chi connectivity index (χ0n) is 7.77. The standard InChI is InChI=1S/C10H10N2O2/c1-12-6-7-4-2-3-5-8(7)9(11-14)10(12)13/h2-5,14H,6H2,1H3/b11-9+. The first-order chi connectivity index (χ1) is 6.74. The summed E-state index contributed by atoms with van der Waals surface area (Å²) in [5.41, 5.74) is 1.84. The normalized spacial score (nSPS) is 18.5. The molecule has 1 amide bonds. The van der Waals surface area contributed by atoms with Gasteiger partial charge in [-0.1, -0.05) is 29.4 Å². The van der Waals surface area contributed by atoms with Crippen molar-refractivity contribution in [2.45, 2.75) is 6.54 Å². The number of carbonyl (C=O) groups is 1. The van der Waals surface area contributed by atoms with Crippen LogP contribution < -0.4 is 0 Å². The van der Waals surface area contributed by atoms with Crippen molar-refractivity contribution in [2.24, 2.45) is 5.16 Å². The van der Waals surface area contributed by atoms with Gasteiger partial charge in [-0.3, -0.25) is 4.79 Å². The van der Waals surface area contributed by atoms with Crippen LogP contribution in [0, 0.1) is 0 Å². The van der Waals surface area contributed by atoms with E-state index in [1.165, 1.54) is 4.90 Å². The van der Waals surface area contributed by atoms with E-state index in [2.05, 4.69) is 5.16 Å². The smallest absolute Gasteiger partial charge is 0.276 e. The van der Waals surface area contributed by atoms with Crippen molar-refractivity contribution in [2.75, 3.05) is 7.05 Å². The molecule has 1 N–H and O–H groups in total. The van der Waals surface area contributed by atoms with Crippen LogP contribution in [0.15, 0.2) is 29.4 Å². The minimum absolute atomic E-state index is 0.120. The van der Waals surface area contributed by atoms with Crippen LogP contribution in [0.2, 0.25) is 0 Å². The van der Waals surface area contributed by atoms with E-state index in [4.69, 9.17) is 5.21 Å². The third kappa shape index (κ3) is 1.16. The van der Waals surface area contributed by atoms with Gasteiger partial charge in [0.25, 0.3) is 5.91 Å². The first-order valence-corrected chi connectivity index (χ1v) is 4.30. The van der Waals surface area contributed by atoms with Crippen molar-refractivity contribution in [1.82, 2.24) is 4.90 Å². The molecule has 0 aliphatic carbocycles. The average Bonchev–Trinajstić information content (AvgIpc) is 2.20. The molecule has 1 aromatic carbocycles. The van der Waals surface area contributed by atoms with Crippen LogP contribution in [0.1, 0.15) is 11.1 Å². The average molecular weight is 190 g/mol. The van der Waals surface area contributed by atoms with Gasteiger partial charge in [-0.25, -0.2) is 0 Å². The van der Waals surface area contributed by atoms with E-state index < -0.39 is 0 Å². The Morgan fingerprint density at radius 2 is 2.14 bits per heavy atom. The number of benzene rings is 1. The lowest BCUT2D eigenvalue weighted by Crippen LogP contribution is -2.38. The Morgan fingerprint density at radius 1 is 1.43 bits per heavy atom. The van der Waals surface area contributed by atoms with E-state index >= 15 is 0 Å². The first kappa shape index (κ1) is 8.74. The number of carbonyl (C=O) groups excluding carboxylic acids is 1. The molecular weight excluding hydrogens is 180 g/mol. The summed E-state index contributed by atoms with van der Waals surface area (Å²) in [7, 11) is 1.68. The number of amides is 1. The predicted molar refractivity (Wildman–Crippen MR) is 51.2 cm³/mol. The van der Waals surface area contributed by atoms with Crippen LogP contribution in [-0.2, 0) is 11.3 Å². The Kier molecular flexibility index (Phi) is 1.96. The van der Waals surface area contributed by atoms with E-state index in [9.17, 15) is 4.79 Å². The van der Waals surface area contributed by atoms with Gasteiger partial charge < -0.3 is 10.1 Å². The zero-order chi connectivity index (χ0) is 10.1. The first-order valence-electron chi connectivity index (χ1n) is 4.30. The van der Waals surface area contributed by atoms with Crippen molar-refractivity contribution in [3.8, 4) is 0 Å². The molecule has 72 valence electrons. The molecule has 0 atom stereocenters. The van der Waals surface area contributed by atoms with Gasteiger partial charge in [0.2, 0.25) is 0 Å².